The fourth-order valence-electron chi connectivity index (χ4n) is 1.73. The van der Waals surface area contributed by atoms with E-state index in [4.69, 9.17) is 9.71 Å². The van der Waals surface area contributed by atoms with Crippen LogP contribution in [0, 0.1) is 17.0 Å². The zero-order valence-corrected chi connectivity index (χ0v) is 13.6. The predicted octanol–water partition coefficient (Wildman–Crippen LogP) is 2.73. The van der Waals surface area contributed by atoms with Gasteiger partial charge in [-0.3, -0.25) is 14.3 Å². The molecule has 0 aliphatic heterocycles. The number of nitro groups is 1. The lowest BCUT2D eigenvalue weighted by atomic mass is 10.2. The highest BCUT2D eigenvalue weighted by Gasteiger charge is 2.18. The Balaban J connectivity index is 0.000000891. The molecule has 0 spiro atoms. The van der Waals surface area contributed by atoms with Crippen LogP contribution in [0.2, 0.25) is 0 Å². The smallest absolute Gasteiger partial charge is 0.297 e. The highest BCUT2D eigenvalue weighted by Crippen LogP contribution is 2.21. The second-order valence-corrected chi connectivity index (χ2v) is 6.17. The number of rotatable bonds is 5. The van der Waals surface area contributed by atoms with E-state index in [1.807, 2.05) is 6.92 Å². The van der Waals surface area contributed by atoms with Gasteiger partial charge < -0.3 is 5.53 Å². The summed E-state index contributed by atoms with van der Waals surface area (Å²) in [7, 11) is -3.94. The molecule has 2 aromatic rings. The highest BCUT2D eigenvalue weighted by molar-refractivity contribution is 7.86. The van der Waals surface area contributed by atoms with Crippen molar-refractivity contribution in [3.8, 4) is 0 Å². The van der Waals surface area contributed by atoms with Crippen LogP contribution in [-0.2, 0) is 20.9 Å². The lowest BCUT2D eigenvalue weighted by molar-refractivity contribution is -0.385. The molecule has 0 aliphatic carbocycles. The van der Waals surface area contributed by atoms with E-state index < -0.39 is 15.0 Å². The SMILES string of the molecule is C=[N+]=[N-].Cc1ccc(S(=O)(=O)OCc2ccccc2[N+](=O)[O-])cc1. The van der Waals surface area contributed by atoms with Gasteiger partial charge in [0.1, 0.15) is 0 Å². The van der Waals surface area contributed by atoms with E-state index in [0.29, 0.717) is 0 Å². The molecule has 0 fully saturated rings. The Bertz CT molecular complexity index is 842. The van der Waals surface area contributed by atoms with Crippen LogP contribution in [0.15, 0.2) is 53.4 Å². The van der Waals surface area contributed by atoms with Crippen molar-refractivity contribution in [2.24, 2.45) is 0 Å². The fraction of sp³-hybridized carbons (Fsp3) is 0.133. The van der Waals surface area contributed by atoms with Crippen molar-refractivity contribution in [3.63, 3.8) is 0 Å². The van der Waals surface area contributed by atoms with E-state index in [-0.39, 0.29) is 22.8 Å². The van der Waals surface area contributed by atoms with Gasteiger partial charge in [-0.25, -0.2) is 0 Å². The number of hydrogen-bond donors (Lipinski definition) is 0. The van der Waals surface area contributed by atoms with Gasteiger partial charge in [0.05, 0.1) is 22.0 Å². The molecule has 8 nitrogen and oxygen atoms in total. The average Bonchev–Trinajstić information content (AvgIpc) is 2.54. The van der Waals surface area contributed by atoms with E-state index in [9.17, 15) is 18.5 Å². The molecular formula is C15H15N3O5S. The second kappa shape index (κ2) is 8.68. The number of hydrogen-bond acceptors (Lipinski definition) is 5. The van der Waals surface area contributed by atoms with Gasteiger partial charge in [0.25, 0.3) is 15.8 Å². The van der Waals surface area contributed by atoms with Gasteiger partial charge in [-0.05, 0) is 25.1 Å². The molecule has 2 aromatic carbocycles. The predicted molar refractivity (Wildman–Crippen MR) is 87.0 cm³/mol. The molecule has 0 bridgehead atoms. The van der Waals surface area contributed by atoms with Crippen LogP contribution < -0.4 is 0 Å². The first kappa shape index (κ1) is 19.2. The van der Waals surface area contributed by atoms with Crippen LogP contribution in [0.5, 0.6) is 0 Å². The molecule has 9 heteroatoms. The summed E-state index contributed by atoms with van der Waals surface area (Å²) >= 11 is 0. The summed E-state index contributed by atoms with van der Waals surface area (Å²) in [6, 6.07) is 12.0. The van der Waals surface area contributed by atoms with Crippen molar-refractivity contribution in [2.75, 3.05) is 0 Å². The lowest BCUT2D eigenvalue weighted by Crippen LogP contribution is -2.07. The van der Waals surface area contributed by atoms with Crippen LogP contribution in [0.25, 0.3) is 5.53 Å². The summed E-state index contributed by atoms with van der Waals surface area (Å²) < 4.78 is 28.9. The Hall–Kier alpha value is -2.87. The Labute approximate surface area is 139 Å². The Kier molecular flexibility index (Phi) is 6.94. The van der Waals surface area contributed by atoms with Gasteiger partial charge in [0.15, 0.2) is 0 Å². The molecule has 2 rings (SSSR count). The molecule has 0 heterocycles. The summed E-state index contributed by atoms with van der Waals surface area (Å²) in [5.74, 6) is 0. The van der Waals surface area contributed by atoms with Crippen LogP contribution in [0.1, 0.15) is 11.1 Å². The van der Waals surface area contributed by atoms with E-state index in [1.54, 1.807) is 18.2 Å². The van der Waals surface area contributed by atoms with E-state index in [0.717, 1.165) is 5.56 Å². The van der Waals surface area contributed by atoms with Gasteiger partial charge >= 0.3 is 0 Å². The van der Waals surface area contributed by atoms with E-state index in [1.165, 1.54) is 30.3 Å². The zero-order chi connectivity index (χ0) is 18.2. The standard InChI is InChI=1S/C14H13NO5S.CH2N2/c1-11-6-8-13(9-7-11)21(18,19)20-10-12-4-2-3-5-14(12)15(16)17;1-3-2/h2-9H,10H2,1H3;1H2. The summed E-state index contributed by atoms with van der Waals surface area (Å²) in [6.45, 7) is 4.12. The number of aryl methyl sites for hydroxylation is 1. The fourth-order valence-corrected chi connectivity index (χ4v) is 2.61. The molecule has 0 N–H and O–H groups in total. The summed E-state index contributed by atoms with van der Waals surface area (Å²) in [4.78, 5) is 12.6. The minimum atomic E-state index is -3.94. The molecule has 0 unspecified atom stereocenters. The first-order chi connectivity index (χ1) is 11.3. The summed E-state index contributed by atoms with van der Waals surface area (Å²) in [5, 5.41) is 10.9. The third kappa shape index (κ3) is 5.40. The van der Waals surface area contributed by atoms with Crippen molar-refractivity contribution in [3.05, 3.63) is 75.3 Å². The first-order valence-corrected chi connectivity index (χ1v) is 8.01. The molecule has 0 amide bonds. The largest absolute Gasteiger partial charge is 0.362 e. The first-order valence-electron chi connectivity index (χ1n) is 6.60. The molecular weight excluding hydrogens is 334 g/mol. The van der Waals surface area contributed by atoms with Crippen molar-refractivity contribution < 1.29 is 22.3 Å². The summed E-state index contributed by atoms with van der Waals surface area (Å²) in [6.07, 6.45) is 0. The average molecular weight is 349 g/mol. The normalized spacial score (nSPS) is 10.2. The quantitative estimate of drug-likeness (QED) is 0.205. The maximum absolute atomic E-state index is 12.0. The van der Waals surface area contributed by atoms with Crippen molar-refractivity contribution in [1.29, 1.82) is 0 Å². The lowest BCUT2D eigenvalue weighted by Gasteiger charge is -2.06. The van der Waals surface area contributed by atoms with Gasteiger partial charge in [-0.15, -0.1) is 0 Å². The number of para-hydroxylation sites is 1. The maximum Gasteiger partial charge on any atom is 0.297 e. The Morgan fingerprint density at radius 1 is 1.21 bits per heavy atom. The van der Waals surface area contributed by atoms with Crippen LogP contribution in [-0.4, -0.2) is 24.8 Å². The van der Waals surface area contributed by atoms with Crippen LogP contribution in [0.4, 0.5) is 5.69 Å². The summed E-state index contributed by atoms with van der Waals surface area (Å²) in [5.41, 5.74) is 8.04. The maximum atomic E-state index is 12.0. The third-order valence-electron chi connectivity index (χ3n) is 2.87. The highest BCUT2D eigenvalue weighted by atomic mass is 32.2. The van der Waals surface area contributed by atoms with Gasteiger partial charge in [0.2, 0.25) is 6.72 Å². The van der Waals surface area contributed by atoms with E-state index >= 15 is 0 Å². The molecule has 0 aliphatic rings. The van der Waals surface area contributed by atoms with Gasteiger partial charge in [-0.1, -0.05) is 29.8 Å². The molecule has 126 valence electrons. The second-order valence-electron chi connectivity index (χ2n) is 4.56. The van der Waals surface area contributed by atoms with Crippen LogP contribution >= 0.6 is 0 Å². The topological polar surface area (TPSA) is 123 Å². The molecule has 0 aromatic heterocycles. The van der Waals surface area contributed by atoms with Gasteiger partial charge in [-0.2, -0.15) is 13.2 Å². The molecule has 0 radical (unpaired) electrons. The molecule has 0 atom stereocenters. The number of nitrogens with zero attached hydrogens (tertiary/aromatic N) is 3. The van der Waals surface area contributed by atoms with Crippen LogP contribution in [0.3, 0.4) is 0 Å². The number of benzene rings is 2. The third-order valence-corrected chi connectivity index (χ3v) is 4.15. The Morgan fingerprint density at radius 3 is 2.29 bits per heavy atom. The zero-order valence-electron chi connectivity index (χ0n) is 12.8. The van der Waals surface area contributed by atoms with E-state index in [2.05, 4.69) is 11.5 Å². The minimum Gasteiger partial charge on any atom is -0.362 e. The minimum absolute atomic E-state index is 0.0201. The number of nitro benzene ring substituents is 1. The molecule has 0 saturated carbocycles. The van der Waals surface area contributed by atoms with Crippen molar-refractivity contribution in [2.45, 2.75) is 18.4 Å². The Morgan fingerprint density at radius 2 is 1.75 bits per heavy atom. The molecule has 0 saturated heterocycles. The van der Waals surface area contributed by atoms with Gasteiger partial charge in [0, 0.05) is 6.07 Å². The molecule has 24 heavy (non-hydrogen) atoms. The van der Waals surface area contributed by atoms with Crippen molar-refractivity contribution in [1.82, 2.24) is 0 Å². The monoisotopic (exact) mass is 349 g/mol. The van der Waals surface area contributed by atoms with Crippen molar-refractivity contribution >= 4 is 22.5 Å².